The lowest BCUT2D eigenvalue weighted by Crippen LogP contribution is -2.56. The fourth-order valence-electron chi connectivity index (χ4n) is 3.25. The molecule has 3 heterocycles. The Labute approximate surface area is 132 Å². The van der Waals surface area contributed by atoms with Gasteiger partial charge in [-0.15, -0.1) is 0 Å². The summed E-state index contributed by atoms with van der Waals surface area (Å²) in [5, 5.41) is 1.16. The van der Waals surface area contributed by atoms with E-state index in [-0.39, 0.29) is 11.9 Å². The number of fused-ring (bicyclic) bond motifs is 6. The Bertz CT molecular complexity index is 415. The van der Waals surface area contributed by atoms with Crippen LogP contribution in [0.25, 0.3) is 0 Å². The fraction of sp³-hybridized carbons (Fsp3) is 0.800. The fourth-order valence-corrected chi connectivity index (χ4v) is 5.96. The highest BCUT2D eigenvalue weighted by Crippen LogP contribution is 2.33. The number of hydrogen-bond donors (Lipinski definition) is 0. The van der Waals surface area contributed by atoms with Crippen LogP contribution < -0.4 is 0 Å². The summed E-state index contributed by atoms with van der Waals surface area (Å²) < 4.78 is 23.4. The molecule has 0 aromatic rings. The Hall–Kier alpha value is -0.733. The van der Waals surface area contributed by atoms with E-state index in [1.54, 1.807) is 0 Å². The normalized spacial score (nSPS) is 36.0. The van der Waals surface area contributed by atoms with E-state index in [4.69, 9.17) is 18.0 Å². The summed E-state index contributed by atoms with van der Waals surface area (Å²) in [7, 11) is -2.73. The first kappa shape index (κ1) is 16.1. The third-order valence-corrected chi connectivity index (χ3v) is 7.52. The van der Waals surface area contributed by atoms with Gasteiger partial charge in [-0.05, 0) is 31.4 Å². The molecule has 1 atom stereocenters. The van der Waals surface area contributed by atoms with Crippen molar-refractivity contribution in [1.29, 1.82) is 0 Å². The van der Waals surface area contributed by atoms with Gasteiger partial charge in [0.15, 0.2) is 0 Å². The number of esters is 1. The highest BCUT2D eigenvalue weighted by Gasteiger charge is 2.48. The standard InChI is InChI=1S/C15H25NO5Si/c1-2-18-15(17)13-3-5-14(6-4-13)22-19-10-7-16(8-11-20-22)9-12-21-22/h5,13H,2-4,6-12H2,1H3/t13-/m1/s1. The number of rotatable bonds is 3. The molecule has 0 saturated carbocycles. The van der Waals surface area contributed by atoms with E-state index >= 15 is 0 Å². The minimum Gasteiger partial charge on any atom is -0.466 e. The minimum absolute atomic E-state index is 0.0355. The maximum atomic E-state index is 11.9. The molecule has 0 N–H and O–H groups in total. The number of carbonyl (C=O) groups is 1. The molecule has 0 unspecified atom stereocenters. The Morgan fingerprint density at radius 2 is 1.91 bits per heavy atom. The molecular weight excluding hydrogens is 302 g/mol. The first-order valence-corrected chi connectivity index (χ1v) is 9.96. The SMILES string of the molecule is CCOC(=O)[C@@H]1CC=C([Si]23OCCN(CCO2)CCO3)CC1. The van der Waals surface area contributed by atoms with Crippen LogP contribution in [-0.4, -0.2) is 65.7 Å². The number of carbonyl (C=O) groups excluding carboxylic acids is 1. The average molecular weight is 327 g/mol. The zero-order valence-electron chi connectivity index (χ0n) is 13.2. The predicted octanol–water partition coefficient (Wildman–Crippen LogP) is 1.13. The third kappa shape index (κ3) is 3.43. The average Bonchev–Trinajstić information content (AvgIpc) is 2.46. The Morgan fingerprint density at radius 1 is 1.27 bits per heavy atom. The highest BCUT2D eigenvalue weighted by atomic mass is 28.4. The zero-order chi connectivity index (χ0) is 15.4. The summed E-state index contributed by atoms with van der Waals surface area (Å²) in [4.78, 5) is 14.2. The Morgan fingerprint density at radius 3 is 2.41 bits per heavy atom. The van der Waals surface area contributed by atoms with Crippen LogP contribution in [0.3, 0.4) is 0 Å². The summed E-state index contributed by atoms with van der Waals surface area (Å²) in [6.07, 6.45) is 4.41. The van der Waals surface area contributed by atoms with Crippen molar-refractivity contribution < 1.29 is 22.8 Å². The van der Waals surface area contributed by atoms with E-state index in [2.05, 4.69) is 11.0 Å². The van der Waals surface area contributed by atoms with Crippen molar-refractivity contribution >= 4 is 14.8 Å². The lowest BCUT2D eigenvalue weighted by Gasteiger charge is -2.40. The van der Waals surface area contributed by atoms with Gasteiger partial charge in [-0.25, -0.2) is 0 Å². The Kier molecular flexibility index (Phi) is 5.30. The predicted molar refractivity (Wildman–Crippen MR) is 82.1 cm³/mol. The van der Waals surface area contributed by atoms with Crippen LogP contribution in [0.4, 0.5) is 0 Å². The monoisotopic (exact) mass is 327 g/mol. The molecule has 0 amide bonds. The lowest BCUT2D eigenvalue weighted by atomic mass is 9.94. The molecule has 3 saturated heterocycles. The smallest absolute Gasteiger partial charge is 0.466 e. The van der Waals surface area contributed by atoms with Crippen LogP contribution in [0.5, 0.6) is 0 Å². The van der Waals surface area contributed by atoms with Crippen molar-refractivity contribution in [3.05, 3.63) is 11.3 Å². The van der Waals surface area contributed by atoms with Crippen molar-refractivity contribution in [2.45, 2.75) is 26.2 Å². The van der Waals surface area contributed by atoms with Crippen LogP contribution >= 0.6 is 0 Å². The molecule has 0 aromatic carbocycles. The van der Waals surface area contributed by atoms with Crippen LogP contribution in [0.15, 0.2) is 11.3 Å². The van der Waals surface area contributed by atoms with Gasteiger partial charge < -0.3 is 18.0 Å². The van der Waals surface area contributed by atoms with Gasteiger partial charge in [0.2, 0.25) is 0 Å². The molecule has 3 fully saturated rings. The Balaban J connectivity index is 1.70. The molecule has 124 valence electrons. The maximum absolute atomic E-state index is 11.9. The van der Waals surface area contributed by atoms with Crippen molar-refractivity contribution in [3.63, 3.8) is 0 Å². The van der Waals surface area contributed by atoms with Crippen LogP contribution in [0, 0.1) is 5.92 Å². The topological polar surface area (TPSA) is 57.2 Å². The summed E-state index contributed by atoms with van der Waals surface area (Å²) in [5.41, 5.74) is 0. The van der Waals surface area contributed by atoms with E-state index in [1.807, 2.05) is 6.92 Å². The molecular formula is C15H25NO5Si. The summed E-state index contributed by atoms with van der Waals surface area (Å²) in [6.45, 7) is 7.09. The number of ether oxygens (including phenoxy) is 1. The second-order valence-corrected chi connectivity index (χ2v) is 8.52. The molecule has 7 heteroatoms. The zero-order valence-corrected chi connectivity index (χ0v) is 14.2. The van der Waals surface area contributed by atoms with Crippen molar-refractivity contribution in [1.82, 2.24) is 4.90 Å². The lowest BCUT2D eigenvalue weighted by molar-refractivity contribution is -0.148. The van der Waals surface area contributed by atoms with Gasteiger partial charge in [-0.3, -0.25) is 9.69 Å². The van der Waals surface area contributed by atoms with Gasteiger partial charge in [0.05, 0.1) is 32.3 Å². The molecule has 0 radical (unpaired) electrons. The van der Waals surface area contributed by atoms with Gasteiger partial charge in [-0.1, -0.05) is 6.08 Å². The van der Waals surface area contributed by atoms with Gasteiger partial charge in [0.1, 0.15) is 0 Å². The van der Waals surface area contributed by atoms with Crippen LogP contribution in [0.1, 0.15) is 26.2 Å². The van der Waals surface area contributed by atoms with Crippen molar-refractivity contribution in [2.24, 2.45) is 5.92 Å². The van der Waals surface area contributed by atoms with E-state index in [1.165, 1.54) is 0 Å². The molecule has 0 spiro atoms. The number of hydrogen-bond acceptors (Lipinski definition) is 6. The van der Waals surface area contributed by atoms with E-state index in [9.17, 15) is 4.79 Å². The van der Waals surface area contributed by atoms with E-state index in [0.29, 0.717) is 32.8 Å². The van der Waals surface area contributed by atoms with Crippen LogP contribution in [-0.2, 0) is 22.8 Å². The molecule has 4 aliphatic rings. The summed E-state index contributed by atoms with van der Waals surface area (Å²) in [5.74, 6) is -0.127. The summed E-state index contributed by atoms with van der Waals surface area (Å²) in [6, 6.07) is 0. The van der Waals surface area contributed by atoms with Gasteiger partial charge >= 0.3 is 14.8 Å². The quantitative estimate of drug-likeness (QED) is 0.572. The maximum Gasteiger partial charge on any atom is 0.532 e. The summed E-state index contributed by atoms with van der Waals surface area (Å²) >= 11 is 0. The highest BCUT2D eigenvalue weighted by molar-refractivity contribution is 6.68. The van der Waals surface area contributed by atoms with Gasteiger partial charge in [0, 0.05) is 19.6 Å². The van der Waals surface area contributed by atoms with Gasteiger partial charge in [-0.2, -0.15) is 0 Å². The largest absolute Gasteiger partial charge is 0.532 e. The van der Waals surface area contributed by atoms with Crippen molar-refractivity contribution in [2.75, 3.05) is 46.1 Å². The van der Waals surface area contributed by atoms with Gasteiger partial charge in [0.25, 0.3) is 0 Å². The number of nitrogens with zero attached hydrogens (tertiary/aromatic N) is 1. The van der Waals surface area contributed by atoms with Crippen LogP contribution in [0.2, 0.25) is 0 Å². The minimum atomic E-state index is -2.73. The molecule has 22 heavy (non-hydrogen) atoms. The first-order valence-electron chi connectivity index (χ1n) is 8.24. The van der Waals surface area contributed by atoms with Crippen molar-refractivity contribution in [3.8, 4) is 0 Å². The number of allylic oxidation sites excluding steroid dienone is 2. The van der Waals surface area contributed by atoms with E-state index in [0.717, 1.165) is 37.7 Å². The molecule has 2 bridgehead atoms. The molecule has 3 aliphatic heterocycles. The second kappa shape index (κ2) is 7.23. The molecule has 1 aliphatic carbocycles. The molecule has 0 aromatic heterocycles. The second-order valence-electron chi connectivity index (χ2n) is 5.90. The molecule has 6 nitrogen and oxygen atoms in total. The third-order valence-electron chi connectivity index (χ3n) is 4.52. The van der Waals surface area contributed by atoms with E-state index < -0.39 is 8.80 Å². The molecule has 4 rings (SSSR count). The first-order chi connectivity index (χ1) is 10.7.